The number of aliphatic hydroxyl groups is 1. The zero-order chi connectivity index (χ0) is 20.6. The molecule has 5 rings (SSSR count). The molecule has 1 saturated heterocycles. The molecule has 0 aromatic carbocycles. The van der Waals surface area contributed by atoms with Gasteiger partial charge in [-0.15, -0.1) is 11.3 Å². The van der Waals surface area contributed by atoms with Gasteiger partial charge in [0.05, 0.1) is 38.0 Å². The molecule has 7 nitrogen and oxygen atoms in total. The van der Waals surface area contributed by atoms with E-state index < -0.39 is 5.60 Å². The molecule has 3 aromatic rings. The van der Waals surface area contributed by atoms with Crippen molar-refractivity contribution in [3.63, 3.8) is 0 Å². The normalized spacial score (nSPS) is 19.5. The van der Waals surface area contributed by atoms with E-state index in [4.69, 9.17) is 19.1 Å². The van der Waals surface area contributed by atoms with Crippen LogP contribution in [0.2, 0.25) is 0 Å². The highest BCUT2D eigenvalue weighted by atomic mass is 32.1. The van der Waals surface area contributed by atoms with Crippen LogP contribution in [0.1, 0.15) is 41.8 Å². The molecule has 2 aliphatic rings. The fraction of sp³-hybridized carbons (Fsp3) is 0.545. The van der Waals surface area contributed by atoms with Gasteiger partial charge in [0.2, 0.25) is 0 Å². The van der Waals surface area contributed by atoms with Gasteiger partial charge in [0.15, 0.2) is 0 Å². The van der Waals surface area contributed by atoms with Crippen molar-refractivity contribution in [3.05, 3.63) is 40.4 Å². The van der Waals surface area contributed by atoms with Gasteiger partial charge in [0.25, 0.3) is 0 Å². The first-order chi connectivity index (χ1) is 14.6. The quantitative estimate of drug-likeness (QED) is 0.623. The van der Waals surface area contributed by atoms with Crippen LogP contribution in [0.3, 0.4) is 0 Å². The number of hydrogen-bond acceptors (Lipinski definition) is 8. The highest BCUT2D eigenvalue weighted by molar-refractivity contribution is 7.19. The summed E-state index contributed by atoms with van der Waals surface area (Å²) < 4.78 is 10.9. The van der Waals surface area contributed by atoms with Crippen LogP contribution < -0.4 is 5.32 Å². The topological polar surface area (TPSA) is 83.7 Å². The van der Waals surface area contributed by atoms with E-state index >= 15 is 0 Å². The van der Waals surface area contributed by atoms with Gasteiger partial charge in [0, 0.05) is 18.0 Å². The first-order valence-electron chi connectivity index (χ1n) is 10.7. The third-order valence-corrected chi connectivity index (χ3v) is 7.17. The minimum Gasteiger partial charge on any atom is -0.466 e. The lowest BCUT2D eigenvalue weighted by Crippen LogP contribution is -2.36. The molecule has 0 saturated carbocycles. The number of anilines is 1. The SMILES string of the molecule is CC(O)(CNc1nc(CN2CCOCC2)nc2sc3c(c12)CCCC3)c1ccco1. The predicted octanol–water partition coefficient (Wildman–Crippen LogP) is 3.31. The molecule has 1 atom stereocenters. The second-order valence-electron chi connectivity index (χ2n) is 8.37. The van der Waals surface area contributed by atoms with E-state index in [-0.39, 0.29) is 0 Å². The van der Waals surface area contributed by atoms with Crippen LogP contribution in [-0.2, 0) is 29.7 Å². The molecule has 0 radical (unpaired) electrons. The predicted molar refractivity (Wildman–Crippen MR) is 117 cm³/mol. The van der Waals surface area contributed by atoms with E-state index in [1.165, 1.54) is 23.3 Å². The van der Waals surface area contributed by atoms with Crippen molar-refractivity contribution in [3.8, 4) is 0 Å². The van der Waals surface area contributed by atoms with Gasteiger partial charge in [-0.25, -0.2) is 9.97 Å². The van der Waals surface area contributed by atoms with Crippen LogP contribution in [0.25, 0.3) is 10.2 Å². The van der Waals surface area contributed by atoms with Gasteiger partial charge in [-0.05, 0) is 50.3 Å². The fourth-order valence-corrected chi connectivity index (χ4v) is 5.57. The number of morpholine rings is 1. The molecule has 1 fully saturated rings. The van der Waals surface area contributed by atoms with E-state index in [2.05, 4.69) is 10.2 Å². The molecule has 1 aliphatic heterocycles. The fourth-order valence-electron chi connectivity index (χ4n) is 4.29. The van der Waals surface area contributed by atoms with E-state index in [1.807, 2.05) is 0 Å². The van der Waals surface area contributed by atoms with Crippen LogP contribution in [0.15, 0.2) is 22.8 Å². The maximum Gasteiger partial charge on any atom is 0.146 e. The Labute approximate surface area is 180 Å². The minimum absolute atomic E-state index is 0.314. The molecule has 160 valence electrons. The maximum atomic E-state index is 10.9. The summed E-state index contributed by atoms with van der Waals surface area (Å²) in [6.07, 6.45) is 6.23. The Balaban J connectivity index is 1.48. The number of furan rings is 1. The number of aryl methyl sites for hydroxylation is 2. The monoisotopic (exact) mass is 428 g/mol. The molecule has 0 bridgehead atoms. The number of hydrogen-bond donors (Lipinski definition) is 2. The summed E-state index contributed by atoms with van der Waals surface area (Å²) in [4.78, 5) is 14.7. The Kier molecular flexibility index (Phi) is 5.49. The van der Waals surface area contributed by atoms with Gasteiger partial charge < -0.3 is 19.6 Å². The molecule has 0 amide bonds. The lowest BCUT2D eigenvalue weighted by atomic mass is 9.97. The second kappa shape index (κ2) is 8.26. The largest absolute Gasteiger partial charge is 0.466 e. The summed E-state index contributed by atoms with van der Waals surface area (Å²) >= 11 is 1.81. The minimum atomic E-state index is -1.12. The number of nitrogens with zero attached hydrogens (tertiary/aromatic N) is 3. The highest BCUT2D eigenvalue weighted by Crippen LogP contribution is 2.39. The Morgan fingerprint density at radius 2 is 2.07 bits per heavy atom. The van der Waals surface area contributed by atoms with Gasteiger partial charge >= 0.3 is 0 Å². The van der Waals surface area contributed by atoms with Crippen molar-refractivity contribution in [1.82, 2.24) is 14.9 Å². The Bertz CT molecular complexity index is 1010. The summed E-state index contributed by atoms with van der Waals surface area (Å²) in [5, 5.41) is 15.5. The van der Waals surface area contributed by atoms with Crippen molar-refractivity contribution in [1.29, 1.82) is 0 Å². The molecule has 1 unspecified atom stereocenters. The number of ether oxygens (including phenoxy) is 1. The molecule has 30 heavy (non-hydrogen) atoms. The smallest absolute Gasteiger partial charge is 0.146 e. The van der Waals surface area contributed by atoms with E-state index in [0.717, 1.165) is 61.0 Å². The molecule has 2 N–H and O–H groups in total. The van der Waals surface area contributed by atoms with Gasteiger partial charge in [-0.2, -0.15) is 0 Å². The van der Waals surface area contributed by atoms with Crippen molar-refractivity contribution in [2.24, 2.45) is 0 Å². The number of aromatic nitrogens is 2. The molecular weight excluding hydrogens is 400 g/mol. The zero-order valence-electron chi connectivity index (χ0n) is 17.3. The number of rotatable bonds is 6. The summed E-state index contributed by atoms with van der Waals surface area (Å²) in [6, 6.07) is 3.59. The third-order valence-electron chi connectivity index (χ3n) is 5.98. The molecule has 8 heteroatoms. The number of fused-ring (bicyclic) bond motifs is 3. The lowest BCUT2D eigenvalue weighted by molar-refractivity contribution is 0.0331. The first kappa shape index (κ1) is 19.9. The van der Waals surface area contributed by atoms with Crippen molar-refractivity contribution >= 4 is 27.4 Å². The molecule has 3 aromatic heterocycles. The Hall–Kier alpha value is -2.00. The lowest BCUT2D eigenvalue weighted by Gasteiger charge is -2.26. The Morgan fingerprint density at radius 3 is 2.87 bits per heavy atom. The van der Waals surface area contributed by atoms with E-state index in [0.29, 0.717) is 18.8 Å². The van der Waals surface area contributed by atoms with Gasteiger partial charge in [0.1, 0.15) is 27.8 Å². The van der Waals surface area contributed by atoms with Crippen molar-refractivity contribution < 1.29 is 14.3 Å². The molecular formula is C22H28N4O3S. The van der Waals surface area contributed by atoms with Crippen LogP contribution in [0.5, 0.6) is 0 Å². The Morgan fingerprint density at radius 1 is 1.23 bits per heavy atom. The number of thiophene rings is 1. The van der Waals surface area contributed by atoms with E-state index in [9.17, 15) is 5.11 Å². The standard InChI is InChI=1S/C22H28N4O3S/c1-22(27,17-7-4-10-29-17)14-23-20-19-15-5-2-3-6-16(15)30-21(19)25-18(24-20)13-26-8-11-28-12-9-26/h4,7,10,27H,2-3,5-6,8-9,11-14H2,1H3,(H,23,24,25). The highest BCUT2D eigenvalue weighted by Gasteiger charge is 2.28. The van der Waals surface area contributed by atoms with Crippen LogP contribution in [0.4, 0.5) is 5.82 Å². The van der Waals surface area contributed by atoms with Gasteiger partial charge in [-0.1, -0.05) is 0 Å². The second-order valence-corrected chi connectivity index (χ2v) is 9.46. The maximum absolute atomic E-state index is 10.9. The first-order valence-corrected chi connectivity index (χ1v) is 11.5. The summed E-state index contributed by atoms with van der Waals surface area (Å²) in [5.74, 6) is 2.19. The zero-order valence-corrected chi connectivity index (χ0v) is 18.1. The average Bonchev–Trinajstić information content (AvgIpc) is 3.41. The third kappa shape index (κ3) is 3.97. The number of nitrogens with one attached hydrogen (secondary N) is 1. The van der Waals surface area contributed by atoms with E-state index in [1.54, 1.807) is 36.7 Å². The van der Waals surface area contributed by atoms with Crippen LogP contribution in [0, 0.1) is 0 Å². The van der Waals surface area contributed by atoms with Crippen LogP contribution in [-0.4, -0.2) is 52.8 Å². The summed E-state index contributed by atoms with van der Waals surface area (Å²) in [5.41, 5.74) is 0.264. The summed E-state index contributed by atoms with van der Waals surface area (Å²) in [6.45, 7) is 6.10. The van der Waals surface area contributed by atoms with Crippen molar-refractivity contribution in [2.45, 2.75) is 44.8 Å². The molecule has 4 heterocycles. The average molecular weight is 429 g/mol. The molecule has 0 spiro atoms. The summed E-state index contributed by atoms with van der Waals surface area (Å²) in [7, 11) is 0. The van der Waals surface area contributed by atoms with Crippen LogP contribution >= 0.6 is 11.3 Å². The van der Waals surface area contributed by atoms with Gasteiger partial charge in [-0.3, -0.25) is 4.90 Å². The molecule has 1 aliphatic carbocycles. The van der Waals surface area contributed by atoms with Crippen molar-refractivity contribution in [2.75, 3.05) is 38.2 Å².